The van der Waals surface area contributed by atoms with Crippen LogP contribution in [0.4, 0.5) is 5.69 Å². The van der Waals surface area contributed by atoms with Gasteiger partial charge in [-0.25, -0.2) is 0 Å². The first-order chi connectivity index (χ1) is 9.76. The SMILES string of the molecule is COc1ccc2c(Cc3ccc(N)cc3)ccnc2c1. The lowest BCUT2D eigenvalue weighted by Gasteiger charge is -2.08. The fraction of sp³-hybridized carbons (Fsp3) is 0.118. The highest BCUT2D eigenvalue weighted by atomic mass is 16.5. The molecule has 20 heavy (non-hydrogen) atoms. The molecule has 0 unspecified atom stereocenters. The van der Waals surface area contributed by atoms with Gasteiger partial charge < -0.3 is 10.5 Å². The van der Waals surface area contributed by atoms with Crippen molar-refractivity contribution in [1.82, 2.24) is 4.98 Å². The molecule has 3 heteroatoms. The van der Waals surface area contributed by atoms with Crippen LogP contribution >= 0.6 is 0 Å². The number of pyridine rings is 1. The third kappa shape index (κ3) is 2.43. The van der Waals surface area contributed by atoms with E-state index in [0.717, 1.165) is 28.8 Å². The lowest BCUT2D eigenvalue weighted by atomic mass is 10.0. The maximum Gasteiger partial charge on any atom is 0.121 e. The van der Waals surface area contributed by atoms with Crippen molar-refractivity contribution in [2.75, 3.05) is 12.8 Å². The maximum atomic E-state index is 5.72. The quantitative estimate of drug-likeness (QED) is 0.737. The predicted octanol–water partition coefficient (Wildman–Crippen LogP) is 3.42. The van der Waals surface area contributed by atoms with Crippen LogP contribution in [0, 0.1) is 0 Å². The lowest BCUT2D eigenvalue weighted by Crippen LogP contribution is -1.93. The Labute approximate surface area is 118 Å². The molecule has 0 aliphatic carbocycles. The van der Waals surface area contributed by atoms with Crippen LogP contribution in [0.5, 0.6) is 5.75 Å². The standard InChI is InChI=1S/C17H16N2O/c1-20-15-6-7-16-13(8-9-19-17(16)11-15)10-12-2-4-14(18)5-3-12/h2-9,11H,10,18H2,1H3. The average Bonchev–Trinajstić information content (AvgIpc) is 2.49. The number of nitrogens with zero attached hydrogens (tertiary/aromatic N) is 1. The fourth-order valence-electron chi connectivity index (χ4n) is 2.32. The molecule has 0 spiro atoms. The van der Waals surface area contributed by atoms with Gasteiger partial charge in [-0.2, -0.15) is 0 Å². The Hall–Kier alpha value is -2.55. The van der Waals surface area contributed by atoms with Crippen molar-refractivity contribution in [2.24, 2.45) is 0 Å². The van der Waals surface area contributed by atoms with Crippen LogP contribution in [-0.4, -0.2) is 12.1 Å². The molecule has 0 saturated heterocycles. The first-order valence-electron chi connectivity index (χ1n) is 6.52. The van der Waals surface area contributed by atoms with E-state index in [1.165, 1.54) is 11.1 Å². The maximum absolute atomic E-state index is 5.72. The number of anilines is 1. The first-order valence-corrected chi connectivity index (χ1v) is 6.52. The summed E-state index contributed by atoms with van der Waals surface area (Å²) in [5, 5.41) is 1.16. The Morgan fingerprint density at radius 1 is 1.05 bits per heavy atom. The Morgan fingerprint density at radius 3 is 2.60 bits per heavy atom. The van der Waals surface area contributed by atoms with E-state index in [4.69, 9.17) is 10.5 Å². The van der Waals surface area contributed by atoms with E-state index in [2.05, 4.69) is 29.2 Å². The number of hydrogen-bond acceptors (Lipinski definition) is 3. The summed E-state index contributed by atoms with van der Waals surface area (Å²) < 4.78 is 5.24. The van der Waals surface area contributed by atoms with Crippen LogP contribution in [0.15, 0.2) is 54.7 Å². The Morgan fingerprint density at radius 2 is 1.85 bits per heavy atom. The van der Waals surface area contributed by atoms with Gasteiger partial charge in [0.1, 0.15) is 5.75 Å². The van der Waals surface area contributed by atoms with E-state index in [1.807, 2.05) is 30.5 Å². The summed E-state index contributed by atoms with van der Waals surface area (Å²) in [6.07, 6.45) is 2.71. The third-order valence-corrected chi connectivity index (χ3v) is 3.41. The molecule has 2 N–H and O–H groups in total. The van der Waals surface area contributed by atoms with Crippen molar-refractivity contribution in [3.05, 3.63) is 65.9 Å². The number of hydrogen-bond donors (Lipinski definition) is 1. The highest BCUT2D eigenvalue weighted by Gasteiger charge is 2.04. The highest BCUT2D eigenvalue weighted by molar-refractivity contribution is 5.83. The van der Waals surface area contributed by atoms with Crippen molar-refractivity contribution in [3.63, 3.8) is 0 Å². The van der Waals surface area contributed by atoms with Gasteiger partial charge in [0.15, 0.2) is 0 Å². The molecule has 1 aromatic heterocycles. The fourth-order valence-corrected chi connectivity index (χ4v) is 2.32. The van der Waals surface area contributed by atoms with E-state index in [0.29, 0.717) is 0 Å². The molecule has 3 rings (SSSR count). The van der Waals surface area contributed by atoms with Gasteiger partial charge >= 0.3 is 0 Å². The zero-order valence-corrected chi connectivity index (χ0v) is 11.3. The largest absolute Gasteiger partial charge is 0.497 e. The summed E-state index contributed by atoms with van der Waals surface area (Å²) in [6.45, 7) is 0. The molecule has 0 bridgehead atoms. The number of rotatable bonds is 3. The molecule has 0 aliphatic heterocycles. The third-order valence-electron chi connectivity index (χ3n) is 3.41. The summed E-state index contributed by atoms with van der Waals surface area (Å²) in [4.78, 5) is 4.41. The first kappa shape index (κ1) is 12.5. The van der Waals surface area contributed by atoms with Crippen molar-refractivity contribution in [1.29, 1.82) is 0 Å². The molecular weight excluding hydrogens is 248 g/mol. The monoisotopic (exact) mass is 264 g/mol. The predicted molar refractivity (Wildman–Crippen MR) is 82.0 cm³/mol. The zero-order valence-electron chi connectivity index (χ0n) is 11.3. The molecule has 0 saturated carbocycles. The number of benzene rings is 2. The molecule has 2 aromatic carbocycles. The Balaban J connectivity index is 2.01. The average molecular weight is 264 g/mol. The van der Waals surface area contributed by atoms with Crippen molar-refractivity contribution >= 4 is 16.6 Å². The molecule has 0 atom stereocenters. The van der Waals surface area contributed by atoms with Crippen molar-refractivity contribution in [3.8, 4) is 5.75 Å². The van der Waals surface area contributed by atoms with Gasteiger partial charge in [0.2, 0.25) is 0 Å². The Kier molecular flexibility index (Phi) is 3.25. The number of nitrogen functional groups attached to an aromatic ring is 1. The van der Waals surface area contributed by atoms with Crippen LogP contribution in [0.3, 0.4) is 0 Å². The topological polar surface area (TPSA) is 48.1 Å². The molecule has 0 aliphatic rings. The minimum Gasteiger partial charge on any atom is -0.497 e. The number of methoxy groups -OCH3 is 1. The number of nitrogens with two attached hydrogens (primary N) is 1. The molecule has 3 aromatic rings. The van der Waals surface area contributed by atoms with Crippen molar-refractivity contribution in [2.45, 2.75) is 6.42 Å². The van der Waals surface area contributed by atoms with E-state index in [-0.39, 0.29) is 0 Å². The summed E-state index contributed by atoms with van der Waals surface area (Å²) in [5.74, 6) is 0.828. The molecule has 100 valence electrons. The van der Waals surface area contributed by atoms with Crippen LogP contribution in [0.25, 0.3) is 10.9 Å². The second-order valence-electron chi connectivity index (χ2n) is 4.77. The lowest BCUT2D eigenvalue weighted by molar-refractivity contribution is 0.415. The molecule has 0 amide bonds. The molecular formula is C17H16N2O. The summed E-state index contributed by atoms with van der Waals surface area (Å²) in [5.41, 5.74) is 9.96. The van der Waals surface area contributed by atoms with Crippen LogP contribution in [-0.2, 0) is 6.42 Å². The second-order valence-corrected chi connectivity index (χ2v) is 4.77. The molecule has 0 radical (unpaired) electrons. The van der Waals surface area contributed by atoms with Crippen LogP contribution in [0.1, 0.15) is 11.1 Å². The van der Waals surface area contributed by atoms with Gasteiger partial charge in [0, 0.05) is 23.3 Å². The summed E-state index contributed by atoms with van der Waals surface area (Å²) in [7, 11) is 1.67. The minimum absolute atomic E-state index is 0.790. The van der Waals surface area contributed by atoms with E-state index in [1.54, 1.807) is 7.11 Å². The molecule has 3 nitrogen and oxygen atoms in total. The van der Waals surface area contributed by atoms with Gasteiger partial charge in [-0.05, 0) is 47.9 Å². The highest BCUT2D eigenvalue weighted by Crippen LogP contribution is 2.24. The van der Waals surface area contributed by atoms with Gasteiger partial charge in [-0.15, -0.1) is 0 Å². The van der Waals surface area contributed by atoms with Gasteiger partial charge in [0.25, 0.3) is 0 Å². The number of ether oxygens (including phenoxy) is 1. The molecule has 0 fully saturated rings. The normalized spacial score (nSPS) is 10.7. The van der Waals surface area contributed by atoms with Crippen LogP contribution < -0.4 is 10.5 Å². The van der Waals surface area contributed by atoms with Gasteiger partial charge in [0.05, 0.1) is 12.6 Å². The van der Waals surface area contributed by atoms with Crippen molar-refractivity contribution < 1.29 is 4.74 Å². The zero-order chi connectivity index (χ0) is 13.9. The summed E-state index contributed by atoms with van der Waals surface area (Å²) >= 11 is 0. The summed E-state index contributed by atoms with van der Waals surface area (Å²) in [6, 6.07) is 16.0. The minimum atomic E-state index is 0.790. The Bertz CT molecular complexity index is 736. The van der Waals surface area contributed by atoms with E-state index >= 15 is 0 Å². The van der Waals surface area contributed by atoms with Gasteiger partial charge in [-0.1, -0.05) is 12.1 Å². The van der Waals surface area contributed by atoms with E-state index in [9.17, 15) is 0 Å². The number of aromatic nitrogens is 1. The van der Waals surface area contributed by atoms with E-state index < -0.39 is 0 Å². The number of fused-ring (bicyclic) bond motifs is 1. The second kappa shape index (κ2) is 5.21. The smallest absolute Gasteiger partial charge is 0.121 e. The molecule has 1 heterocycles. The van der Waals surface area contributed by atoms with Gasteiger partial charge in [-0.3, -0.25) is 4.98 Å². The van der Waals surface area contributed by atoms with Crippen LogP contribution in [0.2, 0.25) is 0 Å².